The lowest BCUT2D eigenvalue weighted by Gasteiger charge is -2.28. The minimum absolute atomic E-state index is 0.153. The molecule has 2 aliphatic rings. The quantitative estimate of drug-likeness (QED) is 0.539. The van der Waals surface area contributed by atoms with Crippen LogP contribution in [-0.4, -0.2) is 49.2 Å². The van der Waals surface area contributed by atoms with Gasteiger partial charge < -0.3 is 19.3 Å². The SMILES string of the molecule is CCCCC=C(c1cc(Cl)c2c(c1)C(=O)N(C)CO2)c1cc(Cl)c2c(c1)C(=O)N(C)CO2. The number of nitrogens with zero attached hydrogens (tertiary/aromatic N) is 2. The zero-order chi connectivity index (χ0) is 23.0. The first-order chi connectivity index (χ1) is 15.3. The van der Waals surface area contributed by atoms with Crippen molar-refractivity contribution in [2.45, 2.75) is 26.2 Å². The Bertz CT molecular complexity index is 1050. The Hall–Kier alpha value is -2.70. The maximum absolute atomic E-state index is 12.7. The second-order valence-electron chi connectivity index (χ2n) is 7.98. The van der Waals surface area contributed by atoms with Crippen molar-refractivity contribution in [1.82, 2.24) is 9.80 Å². The second kappa shape index (κ2) is 9.04. The van der Waals surface area contributed by atoms with Crippen LogP contribution in [0.25, 0.3) is 5.57 Å². The highest BCUT2D eigenvalue weighted by molar-refractivity contribution is 6.33. The standard InChI is InChI=1S/C24H24Cl2N2O4/c1-4-5-6-7-16(14-8-17-21(19(25)10-14)31-12-27(2)23(17)29)15-9-18-22(20(26)11-15)32-13-28(3)24(18)30/h7-11H,4-6,12-13H2,1-3H3. The summed E-state index contributed by atoms with van der Waals surface area (Å²) in [5, 5.41) is 0.729. The molecule has 2 amide bonds. The van der Waals surface area contributed by atoms with E-state index in [1.165, 1.54) is 9.80 Å². The van der Waals surface area contributed by atoms with E-state index in [-0.39, 0.29) is 25.3 Å². The molecule has 0 saturated heterocycles. The Kier molecular flexibility index (Phi) is 6.35. The van der Waals surface area contributed by atoms with Gasteiger partial charge in [0.05, 0.1) is 21.2 Å². The second-order valence-corrected chi connectivity index (χ2v) is 8.80. The number of hydrogen-bond donors (Lipinski definition) is 0. The van der Waals surface area contributed by atoms with Gasteiger partial charge in [0.15, 0.2) is 25.0 Å². The molecular weight excluding hydrogens is 451 g/mol. The van der Waals surface area contributed by atoms with Crippen LogP contribution in [0.4, 0.5) is 0 Å². The van der Waals surface area contributed by atoms with Gasteiger partial charge in [-0.25, -0.2) is 0 Å². The van der Waals surface area contributed by atoms with Gasteiger partial charge >= 0.3 is 0 Å². The Morgan fingerprint density at radius 1 is 0.906 bits per heavy atom. The molecule has 0 saturated carbocycles. The number of ether oxygens (including phenoxy) is 2. The van der Waals surface area contributed by atoms with Crippen LogP contribution in [-0.2, 0) is 0 Å². The molecule has 0 N–H and O–H groups in total. The highest BCUT2D eigenvalue weighted by Crippen LogP contribution is 2.40. The monoisotopic (exact) mass is 474 g/mol. The van der Waals surface area contributed by atoms with Crippen LogP contribution in [0, 0.1) is 0 Å². The fourth-order valence-corrected chi connectivity index (χ4v) is 4.36. The van der Waals surface area contributed by atoms with E-state index < -0.39 is 0 Å². The molecule has 2 aliphatic heterocycles. The highest BCUT2D eigenvalue weighted by atomic mass is 35.5. The summed E-state index contributed by atoms with van der Waals surface area (Å²) in [6.07, 6.45) is 4.95. The molecule has 0 radical (unpaired) electrons. The molecule has 2 aromatic rings. The van der Waals surface area contributed by atoms with E-state index >= 15 is 0 Å². The van der Waals surface area contributed by atoms with Crippen molar-refractivity contribution in [2.24, 2.45) is 0 Å². The summed E-state index contributed by atoms with van der Waals surface area (Å²) in [5.41, 5.74) is 3.17. The number of rotatable bonds is 5. The number of amides is 2. The van der Waals surface area contributed by atoms with Gasteiger partial charge in [0.1, 0.15) is 0 Å². The van der Waals surface area contributed by atoms with Crippen LogP contribution in [0.2, 0.25) is 10.0 Å². The van der Waals surface area contributed by atoms with E-state index in [9.17, 15) is 9.59 Å². The van der Waals surface area contributed by atoms with Crippen molar-refractivity contribution < 1.29 is 19.1 Å². The lowest BCUT2D eigenvalue weighted by molar-refractivity contribution is 0.0588. The lowest BCUT2D eigenvalue weighted by Crippen LogP contribution is -2.35. The van der Waals surface area contributed by atoms with E-state index in [4.69, 9.17) is 32.7 Å². The Morgan fingerprint density at radius 2 is 1.38 bits per heavy atom. The summed E-state index contributed by atoms with van der Waals surface area (Å²) >= 11 is 13.0. The average molecular weight is 475 g/mol. The van der Waals surface area contributed by atoms with Gasteiger partial charge in [0.25, 0.3) is 11.8 Å². The normalized spacial score (nSPS) is 15.0. The number of unbranched alkanes of at least 4 members (excludes halogenated alkanes) is 2. The fourth-order valence-electron chi connectivity index (χ4n) is 3.81. The van der Waals surface area contributed by atoms with Gasteiger partial charge in [-0.15, -0.1) is 0 Å². The molecule has 8 heteroatoms. The van der Waals surface area contributed by atoms with Crippen molar-refractivity contribution in [3.05, 3.63) is 62.6 Å². The predicted molar refractivity (Wildman–Crippen MR) is 125 cm³/mol. The molecule has 0 unspecified atom stereocenters. The number of hydrogen-bond acceptors (Lipinski definition) is 4. The van der Waals surface area contributed by atoms with Crippen molar-refractivity contribution in [3.8, 4) is 11.5 Å². The van der Waals surface area contributed by atoms with Crippen molar-refractivity contribution in [2.75, 3.05) is 27.6 Å². The average Bonchev–Trinajstić information content (AvgIpc) is 2.76. The van der Waals surface area contributed by atoms with Gasteiger partial charge in [-0.1, -0.05) is 49.0 Å². The molecule has 0 spiro atoms. The Labute approximate surface area is 197 Å². The minimum atomic E-state index is -0.156. The smallest absolute Gasteiger partial charge is 0.260 e. The summed E-state index contributed by atoms with van der Waals surface area (Å²) in [6, 6.07) is 7.15. The number of carbonyl (C=O) groups excluding carboxylic acids is 2. The van der Waals surface area contributed by atoms with Gasteiger partial charge in [-0.3, -0.25) is 9.59 Å². The number of halogens is 2. The van der Waals surface area contributed by atoms with E-state index in [0.29, 0.717) is 32.7 Å². The Morgan fingerprint density at radius 3 is 1.81 bits per heavy atom. The third-order valence-electron chi connectivity index (χ3n) is 5.57. The van der Waals surface area contributed by atoms with E-state index in [1.54, 1.807) is 38.4 Å². The van der Waals surface area contributed by atoms with Gasteiger partial charge in [-0.2, -0.15) is 0 Å². The topological polar surface area (TPSA) is 59.1 Å². The van der Waals surface area contributed by atoms with E-state index in [2.05, 4.69) is 13.0 Å². The zero-order valence-corrected chi connectivity index (χ0v) is 19.7. The van der Waals surface area contributed by atoms with Crippen LogP contribution in [0.15, 0.2) is 30.3 Å². The number of carbonyl (C=O) groups is 2. The lowest BCUT2D eigenvalue weighted by atomic mass is 9.92. The van der Waals surface area contributed by atoms with E-state index in [1.807, 2.05) is 0 Å². The Balaban J connectivity index is 1.87. The van der Waals surface area contributed by atoms with Gasteiger partial charge in [0, 0.05) is 14.1 Å². The number of fused-ring (bicyclic) bond motifs is 2. The van der Waals surface area contributed by atoms with Crippen molar-refractivity contribution in [3.63, 3.8) is 0 Å². The summed E-state index contributed by atoms with van der Waals surface area (Å²) < 4.78 is 11.3. The molecule has 0 atom stereocenters. The molecule has 32 heavy (non-hydrogen) atoms. The first kappa shape index (κ1) is 22.5. The maximum atomic E-state index is 12.7. The number of allylic oxidation sites excluding steroid dienone is 1. The summed E-state index contributed by atoms with van der Waals surface area (Å²) in [5.74, 6) is 0.466. The molecule has 2 aromatic carbocycles. The van der Waals surface area contributed by atoms with Crippen LogP contribution < -0.4 is 9.47 Å². The first-order valence-electron chi connectivity index (χ1n) is 10.5. The van der Waals surface area contributed by atoms with E-state index in [0.717, 1.165) is 36.0 Å². The molecule has 0 aromatic heterocycles. The maximum Gasteiger partial charge on any atom is 0.260 e. The molecular formula is C24H24Cl2N2O4. The predicted octanol–water partition coefficient (Wildman–Crippen LogP) is 5.46. The minimum Gasteiger partial charge on any atom is -0.471 e. The molecule has 2 heterocycles. The van der Waals surface area contributed by atoms with Crippen molar-refractivity contribution in [1.29, 1.82) is 0 Å². The molecule has 0 aliphatic carbocycles. The largest absolute Gasteiger partial charge is 0.471 e. The third kappa shape index (κ3) is 4.05. The van der Waals surface area contributed by atoms with Crippen LogP contribution in [0.3, 0.4) is 0 Å². The molecule has 168 valence electrons. The van der Waals surface area contributed by atoms with Crippen LogP contribution in [0.1, 0.15) is 58.0 Å². The molecule has 0 fully saturated rings. The fraction of sp³-hybridized carbons (Fsp3) is 0.333. The number of benzene rings is 2. The highest BCUT2D eigenvalue weighted by Gasteiger charge is 2.29. The summed E-state index contributed by atoms with van der Waals surface area (Å²) in [6.45, 7) is 2.43. The van der Waals surface area contributed by atoms with Crippen molar-refractivity contribution >= 4 is 40.6 Å². The first-order valence-corrected chi connectivity index (χ1v) is 11.2. The molecule has 6 nitrogen and oxygen atoms in total. The summed E-state index contributed by atoms with van der Waals surface area (Å²) in [4.78, 5) is 28.5. The summed E-state index contributed by atoms with van der Waals surface area (Å²) in [7, 11) is 3.35. The van der Waals surface area contributed by atoms with Gasteiger partial charge in [0.2, 0.25) is 0 Å². The molecule has 0 bridgehead atoms. The van der Waals surface area contributed by atoms with Crippen LogP contribution >= 0.6 is 23.2 Å². The zero-order valence-electron chi connectivity index (χ0n) is 18.2. The molecule has 4 rings (SSSR count). The van der Waals surface area contributed by atoms with Gasteiger partial charge in [-0.05, 0) is 47.4 Å². The van der Waals surface area contributed by atoms with Crippen LogP contribution in [0.5, 0.6) is 11.5 Å². The third-order valence-corrected chi connectivity index (χ3v) is 6.14.